The molecule has 0 aliphatic carbocycles. The smallest absolute Gasteiger partial charge is 0.0453 e. The van der Waals surface area contributed by atoms with E-state index < -0.39 is 0 Å². The minimum atomic E-state index is -0.0187. The lowest BCUT2D eigenvalue weighted by Crippen LogP contribution is -2.22. The summed E-state index contributed by atoms with van der Waals surface area (Å²) in [7, 11) is 0. The molecule has 15 heavy (non-hydrogen) atoms. The Morgan fingerprint density at radius 1 is 1.33 bits per heavy atom. The Morgan fingerprint density at radius 2 is 1.93 bits per heavy atom. The molecule has 0 spiro atoms. The fourth-order valence-electron chi connectivity index (χ4n) is 1.29. The number of hydrogen-bond acceptors (Lipinski definition) is 1. The average molecular weight is 242 g/mol. The first-order valence-electron chi connectivity index (χ1n) is 4.73. The van der Waals surface area contributed by atoms with Crippen molar-refractivity contribution >= 4 is 23.2 Å². The standard InChI is InChI=1S/C12H13Cl2N/c1-2-3-5-9(15)8-10-11(13)6-4-7-12(10)14/h4,6-7,9H,5,8,15H2,1H3. The summed E-state index contributed by atoms with van der Waals surface area (Å²) in [6.07, 6.45) is 1.32. The number of benzene rings is 1. The van der Waals surface area contributed by atoms with E-state index in [2.05, 4.69) is 11.8 Å². The fourth-order valence-corrected chi connectivity index (χ4v) is 1.85. The molecule has 0 amide bonds. The fraction of sp³-hybridized carbons (Fsp3) is 0.333. The second-order valence-electron chi connectivity index (χ2n) is 3.30. The van der Waals surface area contributed by atoms with Gasteiger partial charge in [-0.2, -0.15) is 0 Å². The Labute approximate surface area is 101 Å². The molecule has 0 bridgehead atoms. The van der Waals surface area contributed by atoms with Gasteiger partial charge in [0.15, 0.2) is 0 Å². The monoisotopic (exact) mass is 241 g/mol. The lowest BCUT2D eigenvalue weighted by atomic mass is 10.0. The zero-order chi connectivity index (χ0) is 11.3. The molecular weight excluding hydrogens is 229 g/mol. The maximum absolute atomic E-state index is 6.03. The van der Waals surface area contributed by atoms with Gasteiger partial charge in [0, 0.05) is 22.5 Å². The highest BCUT2D eigenvalue weighted by atomic mass is 35.5. The largest absolute Gasteiger partial charge is 0.327 e. The van der Waals surface area contributed by atoms with Gasteiger partial charge in [-0.1, -0.05) is 29.3 Å². The lowest BCUT2D eigenvalue weighted by molar-refractivity contribution is 0.689. The van der Waals surface area contributed by atoms with Crippen LogP contribution in [0.15, 0.2) is 18.2 Å². The summed E-state index contributed by atoms with van der Waals surface area (Å²) in [5.41, 5.74) is 6.82. The molecule has 2 N–H and O–H groups in total. The first kappa shape index (κ1) is 12.4. The maximum Gasteiger partial charge on any atom is 0.0453 e. The van der Waals surface area contributed by atoms with Gasteiger partial charge in [-0.3, -0.25) is 0 Å². The van der Waals surface area contributed by atoms with E-state index in [1.807, 2.05) is 18.2 Å². The first-order chi connectivity index (χ1) is 7.15. The van der Waals surface area contributed by atoms with Crippen molar-refractivity contribution < 1.29 is 0 Å². The summed E-state index contributed by atoms with van der Waals surface area (Å²) in [4.78, 5) is 0. The second kappa shape index (κ2) is 6.02. The van der Waals surface area contributed by atoms with E-state index in [1.54, 1.807) is 6.92 Å². The first-order valence-corrected chi connectivity index (χ1v) is 5.48. The molecule has 1 aromatic rings. The molecule has 0 saturated carbocycles. The van der Waals surface area contributed by atoms with Crippen molar-refractivity contribution in [3.63, 3.8) is 0 Å². The van der Waals surface area contributed by atoms with Crippen molar-refractivity contribution in [2.24, 2.45) is 5.73 Å². The van der Waals surface area contributed by atoms with Crippen LogP contribution in [0.2, 0.25) is 10.0 Å². The van der Waals surface area contributed by atoms with Crippen LogP contribution in [0.5, 0.6) is 0 Å². The number of nitrogens with two attached hydrogens (primary N) is 1. The van der Waals surface area contributed by atoms with Crippen molar-refractivity contribution in [3.05, 3.63) is 33.8 Å². The van der Waals surface area contributed by atoms with Gasteiger partial charge in [0.1, 0.15) is 0 Å². The van der Waals surface area contributed by atoms with E-state index in [1.165, 1.54) is 0 Å². The minimum absolute atomic E-state index is 0.0187. The molecule has 0 aliphatic rings. The van der Waals surface area contributed by atoms with E-state index in [4.69, 9.17) is 28.9 Å². The van der Waals surface area contributed by atoms with Gasteiger partial charge in [-0.15, -0.1) is 11.8 Å². The highest BCUT2D eigenvalue weighted by Crippen LogP contribution is 2.25. The third-order valence-electron chi connectivity index (χ3n) is 2.07. The molecule has 0 aliphatic heterocycles. The van der Waals surface area contributed by atoms with Gasteiger partial charge in [-0.25, -0.2) is 0 Å². The summed E-state index contributed by atoms with van der Waals surface area (Å²) >= 11 is 12.1. The van der Waals surface area contributed by atoms with Gasteiger partial charge in [0.25, 0.3) is 0 Å². The Morgan fingerprint density at radius 3 is 2.47 bits per heavy atom. The van der Waals surface area contributed by atoms with Crippen LogP contribution in [0, 0.1) is 11.8 Å². The second-order valence-corrected chi connectivity index (χ2v) is 4.11. The topological polar surface area (TPSA) is 26.0 Å². The zero-order valence-electron chi connectivity index (χ0n) is 8.56. The summed E-state index contributed by atoms with van der Waals surface area (Å²) in [5, 5.41) is 1.34. The molecule has 0 aromatic heterocycles. The quantitative estimate of drug-likeness (QED) is 0.809. The van der Waals surface area contributed by atoms with Gasteiger partial charge in [0.05, 0.1) is 0 Å². The Bertz CT molecular complexity index is 370. The Hall–Kier alpha value is -0.680. The van der Waals surface area contributed by atoms with Crippen LogP contribution in [0.25, 0.3) is 0 Å². The minimum Gasteiger partial charge on any atom is -0.327 e. The van der Waals surface area contributed by atoms with E-state index in [0.717, 1.165) is 5.56 Å². The lowest BCUT2D eigenvalue weighted by Gasteiger charge is -2.11. The number of rotatable bonds is 3. The Balaban J connectivity index is 2.74. The molecule has 0 fully saturated rings. The molecule has 0 saturated heterocycles. The highest BCUT2D eigenvalue weighted by molar-refractivity contribution is 6.35. The van der Waals surface area contributed by atoms with Crippen molar-refractivity contribution in [1.29, 1.82) is 0 Å². The molecule has 80 valence electrons. The number of halogens is 2. The predicted molar refractivity (Wildman–Crippen MR) is 66.2 cm³/mol. The summed E-state index contributed by atoms with van der Waals surface area (Å²) in [6, 6.07) is 5.45. The molecule has 1 rings (SSSR count). The maximum atomic E-state index is 6.03. The predicted octanol–water partition coefficient (Wildman–Crippen LogP) is 3.28. The van der Waals surface area contributed by atoms with Crippen molar-refractivity contribution in [1.82, 2.24) is 0 Å². The molecule has 1 unspecified atom stereocenters. The van der Waals surface area contributed by atoms with Crippen LogP contribution >= 0.6 is 23.2 Å². The molecular formula is C12H13Cl2N. The molecule has 0 radical (unpaired) electrons. The van der Waals surface area contributed by atoms with Gasteiger partial charge in [-0.05, 0) is 31.0 Å². The van der Waals surface area contributed by atoms with E-state index in [9.17, 15) is 0 Å². The average Bonchev–Trinajstić information content (AvgIpc) is 2.21. The van der Waals surface area contributed by atoms with Crippen LogP contribution in [0.4, 0.5) is 0 Å². The zero-order valence-corrected chi connectivity index (χ0v) is 10.1. The molecule has 1 aromatic carbocycles. The number of hydrogen-bond donors (Lipinski definition) is 1. The van der Waals surface area contributed by atoms with Crippen LogP contribution < -0.4 is 5.73 Å². The van der Waals surface area contributed by atoms with Crippen LogP contribution in [-0.4, -0.2) is 6.04 Å². The molecule has 1 atom stereocenters. The summed E-state index contributed by atoms with van der Waals surface area (Å²) in [5.74, 6) is 5.76. The van der Waals surface area contributed by atoms with Crippen LogP contribution in [-0.2, 0) is 6.42 Å². The molecule has 1 nitrogen and oxygen atoms in total. The van der Waals surface area contributed by atoms with E-state index in [-0.39, 0.29) is 6.04 Å². The molecule has 0 heterocycles. The Kier molecular flexibility index (Phi) is 4.98. The van der Waals surface area contributed by atoms with E-state index >= 15 is 0 Å². The van der Waals surface area contributed by atoms with Crippen LogP contribution in [0.1, 0.15) is 18.9 Å². The van der Waals surface area contributed by atoms with Crippen molar-refractivity contribution in [2.75, 3.05) is 0 Å². The third-order valence-corrected chi connectivity index (χ3v) is 2.78. The highest BCUT2D eigenvalue weighted by Gasteiger charge is 2.09. The summed E-state index contributed by atoms with van der Waals surface area (Å²) in [6.45, 7) is 1.80. The summed E-state index contributed by atoms with van der Waals surface area (Å²) < 4.78 is 0. The van der Waals surface area contributed by atoms with E-state index in [0.29, 0.717) is 22.9 Å². The van der Waals surface area contributed by atoms with Gasteiger partial charge >= 0.3 is 0 Å². The normalized spacial score (nSPS) is 11.7. The van der Waals surface area contributed by atoms with Gasteiger partial charge < -0.3 is 5.73 Å². The van der Waals surface area contributed by atoms with Crippen molar-refractivity contribution in [2.45, 2.75) is 25.8 Å². The SMILES string of the molecule is CC#CCC(N)Cc1c(Cl)cccc1Cl. The molecule has 3 heteroatoms. The van der Waals surface area contributed by atoms with Crippen LogP contribution in [0.3, 0.4) is 0 Å². The third kappa shape index (κ3) is 3.76. The van der Waals surface area contributed by atoms with Gasteiger partial charge in [0.2, 0.25) is 0 Å². The van der Waals surface area contributed by atoms with Crippen molar-refractivity contribution in [3.8, 4) is 11.8 Å².